The van der Waals surface area contributed by atoms with Gasteiger partial charge in [-0.2, -0.15) is 0 Å². The zero-order valence-corrected chi connectivity index (χ0v) is 30.5. The summed E-state index contributed by atoms with van der Waals surface area (Å²) in [5.41, 5.74) is 0. The van der Waals surface area contributed by atoms with Crippen LogP contribution in [0.3, 0.4) is 0 Å². The normalized spacial score (nSPS) is 10.8. The number of hydrogen-bond donors (Lipinski definition) is 5. The molecule has 0 aromatic rings. The molecule has 45 heavy (non-hydrogen) atoms. The van der Waals surface area contributed by atoms with Crippen LogP contribution in [0.25, 0.3) is 0 Å². The first-order valence-corrected chi connectivity index (χ1v) is 19.7. The Morgan fingerprint density at radius 2 is 0.622 bits per heavy atom. The van der Waals surface area contributed by atoms with E-state index < -0.39 is 12.1 Å². The highest BCUT2D eigenvalue weighted by Gasteiger charge is 1.98. The fourth-order valence-electron chi connectivity index (χ4n) is 5.37. The Morgan fingerprint density at radius 1 is 0.400 bits per heavy atom. The number of hydrogen-bond acceptors (Lipinski definition) is 5. The number of carbonyl (C=O) groups is 1. The van der Waals surface area contributed by atoms with Gasteiger partial charge < -0.3 is 25.5 Å². The van der Waals surface area contributed by atoms with Gasteiger partial charge in [-0.3, -0.25) is 4.79 Å². The number of rotatable bonds is 34. The molecule has 0 spiro atoms. The molecule has 0 saturated carbocycles. The SMILES string of the molecule is CCCCCCCCCCCCCCCCCC(=O)O.CCCCCCCCCCCCCCCCCCO.OCC(O)CO. The van der Waals surface area contributed by atoms with E-state index in [1.165, 1.54) is 180 Å². The van der Waals surface area contributed by atoms with Gasteiger partial charge in [-0.1, -0.05) is 200 Å². The molecule has 0 aromatic carbocycles. The molecular weight excluding hydrogens is 564 g/mol. The number of carboxylic acids is 1. The zero-order chi connectivity index (χ0) is 33.9. The van der Waals surface area contributed by atoms with Gasteiger partial charge in [-0.05, 0) is 12.8 Å². The molecule has 0 aliphatic heterocycles. The summed E-state index contributed by atoms with van der Waals surface area (Å²) in [5.74, 6) is -0.653. The average Bonchev–Trinajstić information content (AvgIpc) is 3.04. The van der Waals surface area contributed by atoms with Crippen LogP contribution in [0.2, 0.25) is 0 Å². The number of aliphatic carboxylic acids is 1. The Morgan fingerprint density at radius 3 is 0.800 bits per heavy atom. The Bertz CT molecular complexity index is 482. The summed E-state index contributed by atoms with van der Waals surface area (Å²) in [5, 5.41) is 41.2. The van der Waals surface area contributed by atoms with Crippen LogP contribution in [0, 0.1) is 0 Å². The lowest BCUT2D eigenvalue weighted by Gasteiger charge is -2.03. The van der Waals surface area contributed by atoms with E-state index in [9.17, 15) is 4.79 Å². The smallest absolute Gasteiger partial charge is 0.303 e. The first-order chi connectivity index (χ1) is 22.0. The van der Waals surface area contributed by atoms with Crippen molar-refractivity contribution in [1.82, 2.24) is 0 Å². The summed E-state index contributed by atoms with van der Waals surface area (Å²) >= 11 is 0. The third-order valence-electron chi connectivity index (χ3n) is 8.43. The maximum Gasteiger partial charge on any atom is 0.303 e. The number of aliphatic hydroxyl groups is 4. The van der Waals surface area contributed by atoms with Gasteiger partial charge in [0.25, 0.3) is 0 Å². The number of unbranched alkanes of at least 4 members (excludes halogenated alkanes) is 29. The maximum absolute atomic E-state index is 10.3. The van der Waals surface area contributed by atoms with Crippen molar-refractivity contribution >= 4 is 5.97 Å². The molecule has 5 N–H and O–H groups in total. The van der Waals surface area contributed by atoms with Crippen LogP contribution in [0.15, 0.2) is 0 Å². The topological polar surface area (TPSA) is 118 Å². The van der Waals surface area contributed by atoms with Gasteiger partial charge in [0.1, 0.15) is 6.10 Å². The van der Waals surface area contributed by atoms with Crippen molar-refractivity contribution in [3.8, 4) is 0 Å². The summed E-state index contributed by atoms with van der Waals surface area (Å²) in [6.45, 7) is 4.20. The van der Waals surface area contributed by atoms with Gasteiger partial charge in [-0.15, -0.1) is 0 Å². The first-order valence-electron chi connectivity index (χ1n) is 19.7. The minimum atomic E-state index is -0.954. The largest absolute Gasteiger partial charge is 0.481 e. The van der Waals surface area contributed by atoms with Crippen LogP contribution in [0.4, 0.5) is 0 Å². The Kier molecular flexibility index (Phi) is 51.6. The van der Waals surface area contributed by atoms with Gasteiger partial charge >= 0.3 is 5.97 Å². The fraction of sp³-hybridized carbons (Fsp3) is 0.974. The monoisotopic (exact) mass is 647 g/mol. The van der Waals surface area contributed by atoms with E-state index in [0.29, 0.717) is 13.0 Å². The summed E-state index contributed by atoms with van der Waals surface area (Å²) in [7, 11) is 0. The average molecular weight is 647 g/mol. The second-order valence-corrected chi connectivity index (χ2v) is 13.1. The van der Waals surface area contributed by atoms with Gasteiger partial charge in [0.15, 0.2) is 0 Å². The van der Waals surface area contributed by atoms with E-state index in [1.54, 1.807) is 0 Å². The van der Waals surface area contributed by atoms with E-state index >= 15 is 0 Å². The second-order valence-electron chi connectivity index (χ2n) is 13.1. The molecule has 0 heterocycles. The Labute approximate surface area is 281 Å². The van der Waals surface area contributed by atoms with Crippen molar-refractivity contribution in [3.05, 3.63) is 0 Å². The van der Waals surface area contributed by atoms with Crippen LogP contribution in [0.1, 0.15) is 219 Å². The third-order valence-corrected chi connectivity index (χ3v) is 8.43. The second kappa shape index (κ2) is 47.7. The third kappa shape index (κ3) is 56.1. The van der Waals surface area contributed by atoms with Gasteiger partial charge in [-0.25, -0.2) is 0 Å². The van der Waals surface area contributed by atoms with E-state index in [4.69, 9.17) is 25.5 Å². The Hall–Kier alpha value is -0.690. The highest BCUT2D eigenvalue weighted by Crippen LogP contribution is 2.15. The summed E-state index contributed by atoms with van der Waals surface area (Å²) in [4.78, 5) is 10.3. The lowest BCUT2D eigenvalue weighted by molar-refractivity contribution is -0.137. The predicted octanol–water partition coefficient (Wildman–Crippen LogP) is 10.9. The highest BCUT2D eigenvalue weighted by atomic mass is 16.4. The molecule has 0 atom stereocenters. The van der Waals surface area contributed by atoms with Crippen LogP contribution < -0.4 is 0 Å². The first kappa shape index (κ1) is 48.7. The lowest BCUT2D eigenvalue weighted by atomic mass is 10.0. The quantitative estimate of drug-likeness (QED) is 0.0444. The van der Waals surface area contributed by atoms with Crippen LogP contribution in [-0.2, 0) is 4.79 Å². The van der Waals surface area contributed by atoms with Crippen molar-refractivity contribution in [1.29, 1.82) is 0 Å². The summed E-state index contributed by atoms with van der Waals surface area (Å²) in [6, 6.07) is 0. The maximum atomic E-state index is 10.3. The molecule has 0 aromatic heterocycles. The van der Waals surface area contributed by atoms with Gasteiger partial charge in [0, 0.05) is 13.0 Å². The minimum absolute atomic E-state index is 0.345. The molecule has 0 amide bonds. The van der Waals surface area contributed by atoms with Gasteiger partial charge in [0.05, 0.1) is 13.2 Å². The molecule has 0 saturated heterocycles. The molecule has 0 aliphatic rings. The van der Waals surface area contributed by atoms with Crippen LogP contribution in [-0.4, -0.2) is 57.4 Å². The van der Waals surface area contributed by atoms with E-state index in [-0.39, 0.29) is 13.2 Å². The summed E-state index contributed by atoms with van der Waals surface area (Å²) < 4.78 is 0. The van der Waals surface area contributed by atoms with Crippen molar-refractivity contribution < 1.29 is 30.3 Å². The molecule has 6 heteroatoms. The van der Waals surface area contributed by atoms with Crippen molar-refractivity contribution in [2.45, 2.75) is 225 Å². The van der Waals surface area contributed by atoms with Crippen LogP contribution in [0.5, 0.6) is 0 Å². The van der Waals surface area contributed by atoms with E-state index in [2.05, 4.69) is 13.8 Å². The van der Waals surface area contributed by atoms with Crippen LogP contribution >= 0.6 is 0 Å². The zero-order valence-electron chi connectivity index (χ0n) is 30.5. The molecule has 0 fully saturated rings. The molecule has 0 unspecified atom stereocenters. The van der Waals surface area contributed by atoms with E-state index in [0.717, 1.165) is 19.3 Å². The molecule has 0 rings (SSSR count). The molecule has 0 bridgehead atoms. The van der Waals surface area contributed by atoms with Gasteiger partial charge in [0.2, 0.25) is 0 Å². The van der Waals surface area contributed by atoms with E-state index in [1.807, 2.05) is 0 Å². The molecule has 6 nitrogen and oxygen atoms in total. The summed E-state index contributed by atoms with van der Waals surface area (Å²) in [6.07, 6.45) is 41.4. The lowest BCUT2D eigenvalue weighted by Crippen LogP contribution is -2.15. The molecule has 0 aliphatic carbocycles. The highest BCUT2D eigenvalue weighted by molar-refractivity contribution is 5.66. The Balaban J connectivity index is -0.000000664. The number of carboxylic acid groups (broad SMARTS) is 1. The fourth-order valence-corrected chi connectivity index (χ4v) is 5.37. The van der Waals surface area contributed by atoms with Crippen molar-refractivity contribution in [3.63, 3.8) is 0 Å². The van der Waals surface area contributed by atoms with Crippen molar-refractivity contribution in [2.75, 3.05) is 19.8 Å². The molecule has 0 radical (unpaired) electrons. The number of aliphatic hydroxyl groups excluding tert-OH is 4. The minimum Gasteiger partial charge on any atom is -0.481 e. The predicted molar refractivity (Wildman–Crippen MR) is 194 cm³/mol. The molecular formula is C39H82O6. The molecule has 274 valence electrons. The standard InChI is InChI=1S/C18H36O2.C18H38O.C3H8O3/c1-2-3-4-5-6-7-8-9-10-11-12-13-14-15-16-17-18(19)20;1-2-3-4-5-6-7-8-9-10-11-12-13-14-15-16-17-18-19;4-1-3(6)2-5/h2-17H2,1H3,(H,19,20);19H,2-18H2,1H3;3-6H,1-2H2. The van der Waals surface area contributed by atoms with Crippen molar-refractivity contribution in [2.24, 2.45) is 0 Å².